The van der Waals surface area contributed by atoms with Gasteiger partial charge in [-0.3, -0.25) is 9.00 Å². The lowest BCUT2D eigenvalue weighted by atomic mass is 10.2. The minimum Gasteiger partial charge on any atom is -0.399 e. The molecule has 0 radical (unpaired) electrons. The van der Waals surface area contributed by atoms with Gasteiger partial charge in [-0.25, -0.2) is 4.98 Å². The zero-order valence-electron chi connectivity index (χ0n) is 9.75. The molecule has 0 fully saturated rings. The standard InChI is InChI=1S/C11H13N3O2S2/c1-6(10(13)15)5-18(16)11-14-8-3-2-7(12)4-9(8)17-11/h2-4,6H,5,12H2,1H3,(H2,13,15). The summed E-state index contributed by atoms with van der Waals surface area (Å²) in [6, 6.07) is 5.34. The van der Waals surface area contributed by atoms with Crippen LogP contribution in [0.4, 0.5) is 5.69 Å². The van der Waals surface area contributed by atoms with Crippen LogP contribution in [0.5, 0.6) is 0 Å². The van der Waals surface area contributed by atoms with E-state index in [1.807, 2.05) is 0 Å². The van der Waals surface area contributed by atoms with Crippen molar-refractivity contribution in [1.29, 1.82) is 0 Å². The highest BCUT2D eigenvalue weighted by molar-refractivity contribution is 7.87. The second-order valence-corrected chi connectivity index (χ2v) is 6.72. The highest BCUT2D eigenvalue weighted by atomic mass is 32.2. The number of hydrogen-bond acceptors (Lipinski definition) is 5. The molecule has 2 aromatic rings. The molecule has 2 atom stereocenters. The van der Waals surface area contributed by atoms with Crippen molar-refractivity contribution >= 4 is 43.9 Å². The molecule has 1 heterocycles. The van der Waals surface area contributed by atoms with Gasteiger partial charge in [0.05, 0.1) is 21.0 Å². The monoisotopic (exact) mass is 283 g/mol. The zero-order valence-corrected chi connectivity index (χ0v) is 11.4. The number of nitrogens with zero attached hydrogens (tertiary/aromatic N) is 1. The van der Waals surface area contributed by atoms with Gasteiger partial charge >= 0.3 is 0 Å². The van der Waals surface area contributed by atoms with E-state index >= 15 is 0 Å². The van der Waals surface area contributed by atoms with Gasteiger partial charge in [-0.05, 0) is 18.2 Å². The number of thiazole rings is 1. The molecular formula is C11H13N3O2S2. The number of aromatic nitrogens is 1. The summed E-state index contributed by atoms with van der Waals surface area (Å²) in [5, 5.41) is 0. The van der Waals surface area contributed by atoms with Gasteiger partial charge in [0.25, 0.3) is 0 Å². The third-order valence-electron chi connectivity index (χ3n) is 2.47. The van der Waals surface area contributed by atoms with Gasteiger partial charge in [-0.15, -0.1) is 11.3 Å². The lowest BCUT2D eigenvalue weighted by molar-refractivity contribution is -0.120. The summed E-state index contributed by atoms with van der Waals surface area (Å²) in [5.41, 5.74) is 12.2. The van der Waals surface area contributed by atoms with E-state index in [-0.39, 0.29) is 5.75 Å². The number of carbonyl (C=O) groups is 1. The first-order valence-electron chi connectivity index (χ1n) is 5.31. The third-order valence-corrected chi connectivity index (χ3v) is 5.38. The number of nitrogens with two attached hydrogens (primary N) is 2. The Morgan fingerprint density at radius 1 is 1.56 bits per heavy atom. The first-order chi connectivity index (χ1) is 8.47. The van der Waals surface area contributed by atoms with Crippen molar-refractivity contribution in [1.82, 2.24) is 4.98 Å². The molecule has 0 aliphatic heterocycles. The van der Waals surface area contributed by atoms with E-state index < -0.39 is 22.6 Å². The molecule has 0 saturated heterocycles. The number of amides is 1. The maximum atomic E-state index is 12.0. The van der Waals surface area contributed by atoms with Gasteiger partial charge in [-0.2, -0.15) is 0 Å². The summed E-state index contributed by atoms with van der Waals surface area (Å²) >= 11 is 1.33. The number of carbonyl (C=O) groups excluding carboxylic acids is 1. The molecule has 1 aromatic heterocycles. The SMILES string of the molecule is CC(CS(=O)c1nc2ccc(N)cc2s1)C(N)=O. The van der Waals surface area contributed by atoms with Crippen molar-refractivity contribution in [3.8, 4) is 0 Å². The Kier molecular flexibility index (Phi) is 3.63. The molecule has 4 N–H and O–H groups in total. The number of anilines is 1. The zero-order chi connectivity index (χ0) is 13.3. The summed E-state index contributed by atoms with van der Waals surface area (Å²) < 4.78 is 13.4. The average molecular weight is 283 g/mol. The van der Waals surface area contributed by atoms with Crippen LogP contribution in [0.1, 0.15) is 6.92 Å². The summed E-state index contributed by atoms with van der Waals surface area (Å²) in [6.07, 6.45) is 0. The molecule has 2 rings (SSSR count). The minimum absolute atomic E-state index is 0.199. The number of hydrogen-bond donors (Lipinski definition) is 2. The Morgan fingerprint density at radius 2 is 2.28 bits per heavy atom. The van der Waals surface area contributed by atoms with Gasteiger partial charge in [-0.1, -0.05) is 6.92 Å². The number of fused-ring (bicyclic) bond motifs is 1. The van der Waals surface area contributed by atoms with Gasteiger partial charge in [0, 0.05) is 17.4 Å². The summed E-state index contributed by atoms with van der Waals surface area (Å²) in [5.74, 6) is -0.679. The van der Waals surface area contributed by atoms with Crippen molar-refractivity contribution < 1.29 is 9.00 Å². The molecule has 5 nitrogen and oxygen atoms in total. The van der Waals surface area contributed by atoms with Crippen LogP contribution in [0.25, 0.3) is 10.2 Å². The smallest absolute Gasteiger partial charge is 0.221 e. The van der Waals surface area contributed by atoms with Crippen molar-refractivity contribution in [3.63, 3.8) is 0 Å². The van der Waals surface area contributed by atoms with Crippen LogP contribution in [0.15, 0.2) is 22.5 Å². The fraction of sp³-hybridized carbons (Fsp3) is 0.273. The van der Waals surface area contributed by atoms with E-state index in [2.05, 4.69) is 4.98 Å². The van der Waals surface area contributed by atoms with E-state index in [4.69, 9.17) is 11.5 Å². The van der Waals surface area contributed by atoms with Gasteiger partial charge in [0.1, 0.15) is 0 Å². The second kappa shape index (κ2) is 5.03. The van der Waals surface area contributed by atoms with Gasteiger partial charge < -0.3 is 11.5 Å². The maximum Gasteiger partial charge on any atom is 0.221 e. The average Bonchev–Trinajstić information content (AvgIpc) is 2.71. The van der Waals surface area contributed by atoms with Crippen molar-refractivity contribution in [2.24, 2.45) is 11.7 Å². The molecule has 0 bridgehead atoms. The van der Waals surface area contributed by atoms with E-state index in [1.54, 1.807) is 25.1 Å². The third kappa shape index (κ3) is 2.68. The molecule has 96 valence electrons. The minimum atomic E-state index is -1.31. The van der Waals surface area contributed by atoms with Gasteiger partial charge in [0.2, 0.25) is 5.91 Å². The predicted octanol–water partition coefficient (Wildman–Crippen LogP) is 1.11. The number of benzene rings is 1. The molecule has 0 aliphatic rings. The van der Waals surface area contributed by atoms with E-state index in [0.29, 0.717) is 10.0 Å². The van der Waals surface area contributed by atoms with Crippen LogP contribution >= 0.6 is 11.3 Å². The lowest BCUT2D eigenvalue weighted by Gasteiger charge is -2.03. The van der Waals surface area contributed by atoms with E-state index in [1.165, 1.54) is 11.3 Å². The maximum absolute atomic E-state index is 12.0. The molecule has 0 saturated carbocycles. The van der Waals surface area contributed by atoms with Crippen LogP contribution in [0.3, 0.4) is 0 Å². The van der Waals surface area contributed by atoms with Crippen molar-refractivity contribution in [2.45, 2.75) is 11.3 Å². The van der Waals surface area contributed by atoms with Crippen LogP contribution in [0, 0.1) is 5.92 Å². The van der Waals surface area contributed by atoms with Crippen molar-refractivity contribution in [3.05, 3.63) is 18.2 Å². The number of rotatable bonds is 4. The van der Waals surface area contributed by atoms with Crippen LogP contribution in [0.2, 0.25) is 0 Å². The topological polar surface area (TPSA) is 99.1 Å². The van der Waals surface area contributed by atoms with Gasteiger partial charge in [0.15, 0.2) is 4.34 Å². The quantitative estimate of drug-likeness (QED) is 0.821. The fourth-order valence-electron chi connectivity index (χ4n) is 1.40. The summed E-state index contributed by atoms with van der Waals surface area (Å²) in [4.78, 5) is 15.2. The molecule has 1 amide bonds. The molecule has 1 aromatic carbocycles. The molecule has 18 heavy (non-hydrogen) atoms. The highest BCUT2D eigenvalue weighted by Gasteiger charge is 2.17. The first-order valence-corrected chi connectivity index (χ1v) is 7.44. The Bertz CT molecular complexity index is 624. The summed E-state index contributed by atoms with van der Waals surface area (Å²) in [7, 11) is -1.31. The molecular weight excluding hydrogens is 270 g/mol. The molecule has 2 unspecified atom stereocenters. The summed E-state index contributed by atoms with van der Waals surface area (Å²) in [6.45, 7) is 1.66. The van der Waals surface area contributed by atoms with E-state index in [0.717, 1.165) is 10.2 Å². The van der Waals surface area contributed by atoms with Crippen LogP contribution in [-0.2, 0) is 15.6 Å². The largest absolute Gasteiger partial charge is 0.399 e. The Hall–Kier alpha value is -1.47. The fourth-order valence-corrected chi connectivity index (χ4v) is 3.95. The first kappa shape index (κ1) is 13.0. The Morgan fingerprint density at radius 3 is 2.94 bits per heavy atom. The molecule has 0 aliphatic carbocycles. The van der Waals surface area contributed by atoms with E-state index in [9.17, 15) is 9.00 Å². The molecule has 0 spiro atoms. The Balaban J connectivity index is 2.26. The number of primary amides is 1. The molecule has 7 heteroatoms. The van der Waals surface area contributed by atoms with Crippen LogP contribution in [-0.4, -0.2) is 20.9 Å². The number of nitrogen functional groups attached to an aromatic ring is 1. The Labute approximate surface area is 111 Å². The normalized spacial score (nSPS) is 14.5. The van der Waals surface area contributed by atoms with Crippen molar-refractivity contribution in [2.75, 3.05) is 11.5 Å². The predicted molar refractivity (Wildman–Crippen MR) is 73.7 cm³/mol. The van der Waals surface area contributed by atoms with Crippen LogP contribution < -0.4 is 11.5 Å². The second-order valence-electron chi connectivity index (χ2n) is 4.02. The lowest BCUT2D eigenvalue weighted by Crippen LogP contribution is -2.25. The highest BCUT2D eigenvalue weighted by Crippen LogP contribution is 2.26.